The number of carbonyl (C=O) groups excluding carboxylic acids is 1. The molecule has 13 heavy (non-hydrogen) atoms. The van der Waals surface area contributed by atoms with Gasteiger partial charge in [-0.05, 0) is 12.1 Å². The van der Waals surface area contributed by atoms with Gasteiger partial charge in [-0.25, -0.2) is 0 Å². The molecule has 0 fully saturated rings. The minimum absolute atomic E-state index is 0.0912. The summed E-state index contributed by atoms with van der Waals surface area (Å²) in [5, 5.41) is 11.5. The minimum Gasteiger partial charge on any atom is -0.382 e. The van der Waals surface area contributed by atoms with E-state index in [2.05, 4.69) is 10.3 Å². The van der Waals surface area contributed by atoms with Crippen molar-refractivity contribution in [1.82, 2.24) is 4.98 Å². The molecular weight excluding hydrogens is 170 g/mol. The van der Waals surface area contributed by atoms with Crippen molar-refractivity contribution in [1.29, 1.82) is 0 Å². The number of aromatic nitrogens is 1. The molecule has 0 bridgehead atoms. The standard InChI is InChI=1S/C8H11N3O2/c9-4-7(12)8(13)11-6-2-1-3-10-5-6/h1-3,5,7,12H,4,9H2,(H,11,13). The third kappa shape index (κ3) is 2.81. The van der Waals surface area contributed by atoms with Gasteiger partial charge in [0.05, 0.1) is 11.9 Å². The van der Waals surface area contributed by atoms with Crippen molar-refractivity contribution in [3.8, 4) is 0 Å². The second-order valence-electron chi connectivity index (χ2n) is 2.48. The Morgan fingerprint density at radius 2 is 2.54 bits per heavy atom. The number of carbonyl (C=O) groups is 1. The first-order valence-electron chi connectivity index (χ1n) is 3.83. The van der Waals surface area contributed by atoms with Crippen molar-refractivity contribution >= 4 is 11.6 Å². The second-order valence-corrected chi connectivity index (χ2v) is 2.48. The summed E-state index contributed by atoms with van der Waals surface area (Å²) in [6.07, 6.45) is 1.91. The number of nitrogens with one attached hydrogen (secondary N) is 1. The molecule has 70 valence electrons. The van der Waals surface area contributed by atoms with E-state index in [0.717, 1.165) is 0 Å². The molecule has 1 amide bonds. The van der Waals surface area contributed by atoms with Gasteiger partial charge in [-0.1, -0.05) is 0 Å². The van der Waals surface area contributed by atoms with Crippen LogP contribution in [0.3, 0.4) is 0 Å². The Kier molecular flexibility index (Phi) is 3.36. The van der Waals surface area contributed by atoms with Gasteiger partial charge in [-0.3, -0.25) is 9.78 Å². The van der Waals surface area contributed by atoms with Crippen LogP contribution in [0.5, 0.6) is 0 Å². The fourth-order valence-corrected chi connectivity index (χ4v) is 0.769. The van der Waals surface area contributed by atoms with Crippen molar-refractivity contribution in [2.24, 2.45) is 5.73 Å². The number of nitrogens with two attached hydrogens (primary N) is 1. The number of aliphatic hydroxyl groups excluding tert-OH is 1. The fraction of sp³-hybridized carbons (Fsp3) is 0.250. The number of hydrogen-bond acceptors (Lipinski definition) is 4. The minimum atomic E-state index is -1.17. The Morgan fingerprint density at radius 3 is 3.08 bits per heavy atom. The maximum Gasteiger partial charge on any atom is 0.254 e. The highest BCUT2D eigenvalue weighted by atomic mass is 16.3. The molecule has 5 nitrogen and oxygen atoms in total. The molecule has 0 aliphatic rings. The van der Waals surface area contributed by atoms with E-state index in [1.165, 1.54) is 6.20 Å². The number of aliphatic hydroxyl groups is 1. The molecule has 0 aliphatic heterocycles. The van der Waals surface area contributed by atoms with Crippen molar-refractivity contribution in [3.63, 3.8) is 0 Å². The van der Waals surface area contributed by atoms with Crippen LogP contribution in [0.4, 0.5) is 5.69 Å². The summed E-state index contributed by atoms with van der Waals surface area (Å²) in [7, 11) is 0. The van der Waals surface area contributed by atoms with E-state index in [1.54, 1.807) is 18.3 Å². The summed E-state index contributed by atoms with van der Waals surface area (Å²) in [4.78, 5) is 14.9. The third-order valence-corrected chi connectivity index (χ3v) is 1.45. The first-order chi connectivity index (χ1) is 6.24. The zero-order chi connectivity index (χ0) is 9.68. The molecule has 1 unspecified atom stereocenters. The highest BCUT2D eigenvalue weighted by Gasteiger charge is 2.12. The molecule has 0 saturated carbocycles. The number of pyridine rings is 1. The van der Waals surface area contributed by atoms with Gasteiger partial charge in [0.1, 0.15) is 6.10 Å². The van der Waals surface area contributed by atoms with Gasteiger partial charge in [0.2, 0.25) is 0 Å². The van der Waals surface area contributed by atoms with Gasteiger partial charge in [0.15, 0.2) is 0 Å². The van der Waals surface area contributed by atoms with E-state index in [0.29, 0.717) is 5.69 Å². The Bertz CT molecular complexity index is 276. The van der Waals surface area contributed by atoms with Gasteiger partial charge in [-0.15, -0.1) is 0 Å². The molecule has 0 saturated heterocycles. The summed E-state index contributed by atoms with van der Waals surface area (Å²) >= 11 is 0. The van der Waals surface area contributed by atoms with Crippen molar-refractivity contribution in [2.75, 3.05) is 11.9 Å². The summed E-state index contributed by atoms with van der Waals surface area (Å²) in [6, 6.07) is 3.36. The number of anilines is 1. The second kappa shape index (κ2) is 4.54. The molecule has 1 heterocycles. The molecule has 0 spiro atoms. The average molecular weight is 181 g/mol. The Hall–Kier alpha value is -1.46. The van der Waals surface area contributed by atoms with Crippen molar-refractivity contribution in [3.05, 3.63) is 24.5 Å². The van der Waals surface area contributed by atoms with E-state index in [-0.39, 0.29) is 6.54 Å². The smallest absolute Gasteiger partial charge is 0.254 e. The van der Waals surface area contributed by atoms with Gasteiger partial charge in [0.25, 0.3) is 5.91 Å². The number of rotatable bonds is 3. The lowest BCUT2D eigenvalue weighted by Gasteiger charge is -2.07. The Morgan fingerprint density at radius 1 is 1.77 bits per heavy atom. The molecule has 0 aromatic carbocycles. The van der Waals surface area contributed by atoms with Crippen LogP contribution in [0, 0.1) is 0 Å². The van der Waals surface area contributed by atoms with Crippen LogP contribution in [0.1, 0.15) is 0 Å². The molecule has 0 aliphatic carbocycles. The topological polar surface area (TPSA) is 88.2 Å². The molecule has 0 radical (unpaired) electrons. The van der Waals surface area contributed by atoms with E-state index in [9.17, 15) is 4.79 Å². The van der Waals surface area contributed by atoms with Gasteiger partial charge in [-0.2, -0.15) is 0 Å². The highest BCUT2D eigenvalue weighted by Crippen LogP contribution is 2.02. The quantitative estimate of drug-likeness (QED) is 0.577. The first-order valence-corrected chi connectivity index (χ1v) is 3.83. The summed E-state index contributed by atoms with van der Waals surface area (Å²) in [6.45, 7) is -0.0912. The summed E-state index contributed by atoms with van der Waals surface area (Å²) in [5.41, 5.74) is 5.64. The first kappa shape index (κ1) is 9.63. The third-order valence-electron chi connectivity index (χ3n) is 1.45. The summed E-state index contributed by atoms with van der Waals surface area (Å²) in [5.74, 6) is -0.518. The molecule has 1 aromatic heterocycles. The summed E-state index contributed by atoms with van der Waals surface area (Å²) < 4.78 is 0. The van der Waals surface area contributed by atoms with Crippen molar-refractivity contribution in [2.45, 2.75) is 6.10 Å². The molecular formula is C8H11N3O2. The number of hydrogen-bond donors (Lipinski definition) is 3. The van der Waals surface area contributed by atoms with Crippen LogP contribution in [0.15, 0.2) is 24.5 Å². The molecule has 5 heteroatoms. The van der Waals surface area contributed by atoms with E-state index >= 15 is 0 Å². The van der Waals surface area contributed by atoms with Crippen LogP contribution in [-0.2, 0) is 4.79 Å². The van der Waals surface area contributed by atoms with E-state index in [1.807, 2.05) is 0 Å². The highest BCUT2D eigenvalue weighted by molar-refractivity contribution is 5.93. The monoisotopic (exact) mass is 181 g/mol. The largest absolute Gasteiger partial charge is 0.382 e. The zero-order valence-corrected chi connectivity index (χ0v) is 6.97. The van der Waals surface area contributed by atoms with Crippen molar-refractivity contribution < 1.29 is 9.90 Å². The molecule has 1 atom stereocenters. The van der Waals surface area contributed by atoms with Gasteiger partial charge in [0, 0.05) is 12.7 Å². The number of nitrogens with zero attached hydrogens (tertiary/aromatic N) is 1. The van der Waals surface area contributed by atoms with E-state index < -0.39 is 12.0 Å². The lowest BCUT2D eigenvalue weighted by Crippen LogP contribution is -2.34. The Balaban J connectivity index is 2.55. The molecule has 4 N–H and O–H groups in total. The SMILES string of the molecule is NCC(O)C(=O)Nc1cccnc1. The van der Waals surface area contributed by atoms with Crippen LogP contribution in [0.2, 0.25) is 0 Å². The fourth-order valence-electron chi connectivity index (χ4n) is 0.769. The number of amides is 1. The van der Waals surface area contributed by atoms with E-state index in [4.69, 9.17) is 10.8 Å². The van der Waals surface area contributed by atoms with Gasteiger partial charge >= 0.3 is 0 Å². The van der Waals surface area contributed by atoms with Crippen LogP contribution >= 0.6 is 0 Å². The lowest BCUT2D eigenvalue weighted by molar-refractivity contribution is -0.123. The zero-order valence-electron chi connectivity index (χ0n) is 6.97. The average Bonchev–Trinajstić information content (AvgIpc) is 2.18. The Labute approximate surface area is 75.6 Å². The maximum atomic E-state index is 11.1. The van der Waals surface area contributed by atoms with Crippen LogP contribution in [0.25, 0.3) is 0 Å². The predicted molar refractivity (Wildman–Crippen MR) is 47.9 cm³/mol. The normalized spacial score (nSPS) is 12.2. The predicted octanol–water partition coefficient (Wildman–Crippen LogP) is -0.660. The lowest BCUT2D eigenvalue weighted by atomic mass is 10.3. The van der Waals surface area contributed by atoms with Crippen LogP contribution < -0.4 is 11.1 Å². The molecule has 1 aromatic rings. The molecule has 1 rings (SSSR count). The van der Waals surface area contributed by atoms with Crippen LogP contribution in [-0.4, -0.2) is 28.6 Å². The van der Waals surface area contributed by atoms with Gasteiger partial charge < -0.3 is 16.2 Å². The maximum absolute atomic E-state index is 11.1.